The topological polar surface area (TPSA) is 8.17 Å². The lowest BCUT2D eigenvalue weighted by molar-refractivity contribution is 0.795. The van der Waals surface area contributed by atoms with E-state index < -0.39 is 0 Å². The molecule has 0 bridgehead atoms. The molecule has 0 unspecified atom stereocenters. The van der Waals surface area contributed by atoms with Gasteiger partial charge in [-0.25, -0.2) is 0 Å². The molecular formula is C46H44N2. The minimum Gasteiger partial charge on any atom is -0.311 e. The van der Waals surface area contributed by atoms with Crippen LogP contribution in [0.4, 0.5) is 17.1 Å². The number of hydrogen-bond donors (Lipinski definition) is 0. The molecule has 1 aromatic heterocycles. The Morgan fingerprint density at radius 2 is 0.938 bits per heavy atom. The highest BCUT2D eigenvalue weighted by molar-refractivity contribution is 6.09. The Hall–Kier alpha value is -5.34. The second-order valence-electron chi connectivity index (χ2n) is 12.8. The van der Waals surface area contributed by atoms with Gasteiger partial charge in [0.1, 0.15) is 0 Å². The van der Waals surface area contributed by atoms with Gasteiger partial charge in [-0.3, -0.25) is 0 Å². The molecule has 0 aliphatic carbocycles. The standard InChI is InChI=1S/C46H44N2/c1-3-5-13-37-23-31-45-43(33-37)44-34-38(14-6-4-2)24-32-46(44)48(45)42-29-27-41(28-30-42)47(39-17-11-8-12-18-39)40-25-21-36(22-26-40)20-19-35-15-9-7-10-16-35/h7-12,15-34H,3-6,13-14H2,1-2H3/b20-19+. The summed E-state index contributed by atoms with van der Waals surface area (Å²) in [7, 11) is 0. The van der Waals surface area contributed by atoms with Crippen molar-refractivity contribution < 1.29 is 0 Å². The average Bonchev–Trinajstić information content (AvgIpc) is 3.47. The van der Waals surface area contributed by atoms with E-state index >= 15 is 0 Å². The average molecular weight is 625 g/mol. The van der Waals surface area contributed by atoms with E-state index in [9.17, 15) is 0 Å². The zero-order chi connectivity index (χ0) is 32.7. The zero-order valence-corrected chi connectivity index (χ0v) is 28.1. The van der Waals surface area contributed by atoms with Crippen LogP contribution >= 0.6 is 0 Å². The summed E-state index contributed by atoms with van der Waals surface area (Å²) in [6, 6.07) is 53.2. The maximum Gasteiger partial charge on any atom is 0.0541 e. The smallest absolute Gasteiger partial charge is 0.0541 e. The molecule has 0 atom stereocenters. The molecule has 1 heterocycles. The van der Waals surface area contributed by atoms with Gasteiger partial charge in [-0.15, -0.1) is 0 Å². The molecule has 6 aromatic carbocycles. The molecule has 0 saturated heterocycles. The molecule has 0 N–H and O–H groups in total. The number of benzene rings is 6. The molecule has 0 amide bonds. The molecule has 7 aromatic rings. The molecule has 2 nitrogen and oxygen atoms in total. The minimum absolute atomic E-state index is 1.13. The van der Waals surface area contributed by atoms with Gasteiger partial charge in [0.2, 0.25) is 0 Å². The van der Waals surface area contributed by atoms with Crippen molar-refractivity contribution in [3.63, 3.8) is 0 Å². The van der Waals surface area contributed by atoms with Crippen molar-refractivity contribution in [2.45, 2.75) is 52.4 Å². The number of aryl methyl sites for hydroxylation is 2. The van der Waals surface area contributed by atoms with Gasteiger partial charge >= 0.3 is 0 Å². The van der Waals surface area contributed by atoms with Crippen molar-refractivity contribution in [2.75, 3.05) is 4.90 Å². The fraction of sp³-hybridized carbons (Fsp3) is 0.174. The van der Waals surface area contributed by atoms with E-state index in [0.29, 0.717) is 0 Å². The molecule has 0 aliphatic rings. The van der Waals surface area contributed by atoms with Crippen molar-refractivity contribution in [3.05, 3.63) is 168 Å². The number of unbranched alkanes of at least 4 members (excludes halogenated alkanes) is 2. The van der Waals surface area contributed by atoms with E-state index in [1.165, 1.54) is 75.4 Å². The molecule has 7 rings (SSSR count). The molecule has 0 fully saturated rings. The van der Waals surface area contributed by atoms with Gasteiger partial charge in [-0.2, -0.15) is 0 Å². The van der Waals surface area contributed by atoms with E-state index in [2.05, 4.69) is 175 Å². The summed E-state index contributed by atoms with van der Waals surface area (Å²) in [6.45, 7) is 4.54. The number of anilines is 3. The maximum atomic E-state index is 2.45. The predicted molar refractivity (Wildman–Crippen MR) is 208 cm³/mol. The lowest BCUT2D eigenvalue weighted by Crippen LogP contribution is -2.10. The number of nitrogens with zero attached hydrogens (tertiary/aromatic N) is 2. The van der Waals surface area contributed by atoms with Crippen LogP contribution in [-0.4, -0.2) is 4.57 Å². The van der Waals surface area contributed by atoms with Crippen LogP contribution in [0, 0.1) is 0 Å². The van der Waals surface area contributed by atoms with E-state index in [-0.39, 0.29) is 0 Å². The Bertz CT molecular complexity index is 2050. The summed E-state index contributed by atoms with van der Waals surface area (Å²) in [5.74, 6) is 0. The maximum absolute atomic E-state index is 2.45. The molecule has 0 aliphatic heterocycles. The van der Waals surface area contributed by atoms with Crippen LogP contribution in [0.2, 0.25) is 0 Å². The predicted octanol–water partition coefficient (Wildman–Crippen LogP) is 13.1. The van der Waals surface area contributed by atoms with Crippen LogP contribution in [0.25, 0.3) is 39.6 Å². The van der Waals surface area contributed by atoms with Crippen LogP contribution < -0.4 is 4.90 Å². The first kappa shape index (κ1) is 31.3. The Kier molecular flexibility index (Phi) is 9.52. The van der Waals surface area contributed by atoms with Crippen LogP contribution in [0.3, 0.4) is 0 Å². The highest BCUT2D eigenvalue weighted by atomic mass is 15.1. The lowest BCUT2D eigenvalue weighted by atomic mass is 10.0. The highest BCUT2D eigenvalue weighted by Gasteiger charge is 2.16. The molecule has 238 valence electrons. The number of rotatable bonds is 12. The summed E-state index contributed by atoms with van der Waals surface area (Å²) in [4.78, 5) is 2.33. The summed E-state index contributed by atoms with van der Waals surface area (Å²) < 4.78 is 2.45. The van der Waals surface area contributed by atoms with Crippen molar-refractivity contribution in [1.82, 2.24) is 4.57 Å². The Morgan fingerprint density at radius 3 is 1.46 bits per heavy atom. The van der Waals surface area contributed by atoms with Crippen molar-refractivity contribution in [1.29, 1.82) is 0 Å². The van der Waals surface area contributed by atoms with Crippen molar-refractivity contribution in [3.8, 4) is 5.69 Å². The van der Waals surface area contributed by atoms with Gasteiger partial charge in [0.05, 0.1) is 11.0 Å². The van der Waals surface area contributed by atoms with E-state index in [0.717, 1.165) is 29.9 Å². The van der Waals surface area contributed by atoms with Gasteiger partial charge < -0.3 is 9.47 Å². The normalized spacial score (nSPS) is 11.5. The van der Waals surface area contributed by atoms with Crippen LogP contribution in [0.1, 0.15) is 61.8 Å². The molecule has 48 heavy (non-hydrogen) atoms. The Labute approximate surface area is 285 Å². The highest BCUT2D eigenvalue weighted by Crippen LogP contribution is 2.37. The molecule has 0 radical (unpaired) electrons. The third-order valence-electron chi connectivity index (χ3n) is 9.33. The van der Waals surface area contributed by atoms with Gasteiger partial charge in [0, 0.05) is 33.5 Å². The SMILES string of the molecule is CCCCc1ccc2c(c1)c1cc(CCCC)ccc1n2-c1ccc(N(c2ccccc2)c2ccc(/C=C/c3ccccc3)cc2)cc1. The van der Waals surface area contributed by atoms with E-state index in [1.807, 2.05) is 6.07 Å². The van der Waals surface area contributed by atoms with Crippen LogP contribution in [0.15, 0.2) is 146 Å². The van der Waals surface area contributed by atoms with Crippen molar-refractivity contribution in [2.24, 2.45) is 0 Å². The summed E-state index contributed by atoms with van der Waals surface area (Å²) in [5.41, 5.74) is 12.3. The first-order valence-corrected chi connectivity index (χ1v) is 17.6. The monoisotopic (exact) mass is 624 g/mol. The van der Waals surface area contributed by atoms with Crippen LogP contribution in [-0.2, 0) is 12.8 Å². The summed E-state index contributed by atoms with van der Waals surface area (Å²) in [6.07, 6.45) is 11.5. The molecule has 2 heteroatoms. The van der Waals surface area contributed by atoms with E-state index in [1.54, 1.807) is 0 Å². The molecular weight excluding hydrogens is 581 g/mol. The third kappa shape index (κ3) is 6.71. The van der Waals surface area contributed by atoms with Gasteiger partial charge in [-0.05, 0) is 121 Å². The second-order valence-corrected chi connectivity index (χ2v) is 12.8. The lowest BCUT2D eigenvalue weighted by Gasteiger charge is -2.26. The second kappa shape index (κ2) is 14.6. The number of para-hydroxylation sites is 1. The largest absolute Gasteiger partial charge is 0.311 e. The molecule has 0 saturated carbocycles. The number of hydrogen-bond acceptors (Lipinski definition) is 1. The van der Waals surface area contributed by atoms with Crippen LogP contribution in [0.5, 0.6) is 0 Å². The van der Waals surface area contributed by atoms with E-state index in [4.69, 9.17) is 0 Å². The zero-order valence-electron chi connectivity index (χ0n) is 28.1. The number of fused-ring (bicyclic) bond motifs is 3. The fourth-order valence-electron chi connectivity index (χ4n) is 6.73. The van der Waals surface area contributed by atoms with Gasteiger partial charge in [0.15, 0.2) is 0 Å². The first-order valence-electron chi connectivity index (χ1n) is 17.6. The Morgan fingerprint density at radius 1 is 0.479 bits per heavy atom. The van der Waals surface area contributed by atoms with Gasteiger partial charge in [-0.1, -0.05) is 112 Å². The first-order chi connectivity index (χ1) is 23.7. The summed E-state index contributed by atoms with van der Waals surface area (Å²) >= 11 is 0. The Balaban J connectivity index is 1.26. The fourth-order valence-corrected chi connectivity index (χ4v) is 6.73. The summed E-state index contributed by atoms with van der Waals surface area (Å²) in [5, 5.41) is 2.71. The van der Waals surface area contributed by atoms with Gasteiger partial charge in [0.25, 0.3) is 0 Å². The minimum atomic E-state index is 1.13. The quantitative estimate of drug-likeness (QED) is 0.123. The van der Waals surface area contributed by atoms with Crippen molar-refractivity contribution >= 4 is 51.0 Å². The number of aromatic nitrogens is 1. The molecule has 0 spiro atoms. The third-order valence-corrected chi connectivity index (χ3v) is 9.33.